The van der Waals surface area contributed by atoms with Crippen LogP contribution in [0.15, 0.2) is 53.6 Å². The van der Waals surface area contributed by atoms with Gasteiger partial charge in [0.1, 0.15) is 5.69 Å². The third kappa shape index (κ3) is 3.76. The Hall–Kier alpha value is -3.35. The minimum atomic E-state index is -0.350. The molecule has 0 bridgehead atoms. The number of benzene rings is 1. The molecule has 3 aromatic rings. The van der Waals surface area contributed by atoms with Gasteiger partial charge in [-0.15, -0.1) is 0 Å². The normalized spacial score (nSPS) is 14.1. The van der Waals surface area contributed by atoms with Gasteiger partial charge in [-0.1, -0.05) is 0 Å². The molecule has 7 nitrogen and oxygen atoms in total. The second-order valence-electron chi connectivity index (χ2n) is 6.65. The summed E-state index contributed by atoms with van der Waals surface area (Å²) in [5, 5.41) is 9.43. The highest BCUT2D eigenvalue weighted by Crippen LogP contribution is 2.21. The molecule has 0 unspecified atom stereocenters. The fourth-order valence-electron chi connectivity index (χ4n) is 3.32. The van der Waals surface area contributed by atoms with Crippen molar-refractivity contribution < 1.29 is 4.79 Å². The molecule has 1 aliphatic heterocycles. The van der Waals surface area contributed by atoms with Crippen molar-refractivity contribution in [2.45, 2.75) is 19.3 Å². The molecular formula is C20H21N5O2. The Kier molecular flexibility index (Phi) is 4.74. The van der Waals surface area contributed by atoms with Gasteiger partial charge in [0.2, 0.25) is 0 Å². The number of carbonyl (C=O) groups is 1. The molecule has 1 amide bonds. The Bertz CT molecular complexity index is 970. The van der Waals surface area contributed by atoms with Crippen LogP contribution in [0.25, 0.3) is 11.3 Å². The standard InChI is InChI=1S/C20H21N5O2/c26-19(14-4-6-16(7-5-14)25-10-2-1-3-11-25)23-18-12-15(13-21-20(18)27)17-8-9-22-24-17/h4-9,12-13H,1-3,10-11H2,(H,21,27)(H,22,24)(H,23,26). The van der Waals surface area contributed by atoms with Crippen LogP contribution in [-0.4, -0.2) is 34.2 Å². The van der Waals surface area contributed by atoms with Gasteiger partial charge in [0.15, 0.2) is 0 Å². The molecule has 1 aromatic carbocycles. The number of nitrogens with zero attached hydrogens (tertiary/aromatic N) is 2. The predicted molar refractivity (Wildman–Crippen MR) is 105 cm³/mol. The van der Waals surface area contributed by atoms with E-state index in [1.54, 1.807) is 36.7 Å². The largest absolute Gasteiger partial charge is 0.372 e. The van der Waals surface area contributed by atoms with Crippen LogP contribution in [0.5, 0.6) is 0 Å². The maximum absolute atomic E-state index is 12.6. The summed E-state index contributed by atoms with van der Waals surface area (Å²) in [4.78, 5) is 29.6. The quantitative estimate of drug-likeness (QED) is 0.664. The lowest BCUT2D eigenvalue weighted by molar-refractivity contribution is 0.102. The maximum Gasteiger partial charge on any atom is 0.271 e. The molecule has 1 saturated heterocycles. The number of pyridine rings is 1. The molecule has 2 aromatic heterocycles. The monoisotopic (exact) mass is 363 g/mol. The Morgan fingerprint density at radius 2 is 1.85 bits per heavy atom. The van der Waals surface area contributed by atoms with Gasteiger partial charge in [0, 0.05) is 42.3 Å². The van der Waals surface area contributed by atoms with E-state index in [-0.39, 0.29) is 17.2 Å². The number of amides is 1. The van der Waals surface area contributed by atoms with E-state index in [4.69, 9.17) is 0 Å². The van der Waals surface area contributed by atoms with Crippen molar-refractivity contribution in [1.29, 1.82) is 0 Å². The van der Waals surface area contributed by atoms with Crippen molar-refractivity contribution in [3.8, 4) is 11.3 Å². The number of hydrogen-bond donors (Lipinski definition) is 3. The second kappa shape index (κ2) is 7.49. The Balaban J connectivity index is 1.50. The van der Waals surface area contributed by atoms with Crippen LogP contribution in [0, 0.1) is 0 Å². The van der Waals surface area contributed by atoms with Crippen LogP contribution in [-0.2, 0) is 0 Å². The molecule has 3 N–H and O–H groups in total. The van der Waals surface area contributed by atoms with Gasteiger partial charge >= 0.3 is 0 Å². The number of anilines is 2. The van der Waals surface area contributed by atoms with Crippen LogP contribution >= 0.6 is 0 Å². The van der Waals surface area contributed by atoms with Gasteiger partial charge in [-0.2, -0.15) is 5.10 Å². The predicted octanol–water partition coefficient (Wildman–Crippen LogP) is 3.01. The number of nitrogens with one attached hydrogen (secondary N) is 3. The van der Waals surface area contributed by atoms with Crippen molar-refractivity contribution in [2.75, 3.05) is 23.3 Å². The molecule has 3 heterocycles. The zero-order valence-electron chi connectivity index (χ0n) is 14.9. The van der Waals surface area contributed by atoms with E-state index >= 15 is 0 Å². The molecule has 0 radical (unpaired) electrons. The number of H-pyrrole nitrogens is 2. The molecule has 0 aliphatic carbocycles. The van der Waals surface area contributed by atoms with Crippen molar-refractivity contribution in [1.82, 2.24) is 15.2 Å². The maximum atomic E-state index is 12.6. The summed E-state index contributed by atoms with van der Waals surface area (Å²) in [6, 6.07) is 10.9. The summed E-state index contributed by atoms with van der Waals surface area (Å²) in [5.41, 5.74) is 2.99. The van der Waals surface area contributed by atoms with Crippen molar-refractivity contribution in [2.24, 2.45) is 0 Å². The second-order valence-corrected chi connectivity index (χ2v) is 6.65. The average Bonchev–Trinajstić information content (AvgIpc) is 3.25. The summed E-state index contributed by atoms with van der Waals surface area (Å²) in [7, 11) is 0. The number of aromatic nitrogens is 3. The highest BCUT2D eigenvalue weighted by Gasteiger charge is 2.13. The van der Waals surface area contributed by atoms with Crippen LogP contribution in [0.1, 0.15) is 29.6 Å². The summed E-state index contributed by atoms with van der Waals surface area (Å²) >= 11 is 0. The Morgan fingerprint density at radius 3 is 2.56 bits per heavy atom. The van der Waals surface area contributed by atoms with Crippen LogP contribution in [0.4, 0.5) is 11.4 Å². The third-order valence-electron chi connectivity index (χ3n) is 4.81. The highest BCUT2D eigenvalue weighted by atomic mass is 16.2. The van der Waals surface area contributed by atoms with Crippen LogP contribution < -0.4 is 15.8 Å². The highest BCUT2D eigenvalue weighted by molar-refractivity contribution is 6.04. The van der Waals surface area contributed by atoms with Gasteiger partial charge in [-0.3, -0.25) is 14.7 Å². The summed E-state index contributed by atoms with van der Waals surface area (Å²) in [6.45, 7) is 2.11. The van der Waals surface area contributed by atoms with E-state index in [2.05, 4.69) is 25.4 Å². The number of aromatic amines is 2. The van der Waals surface area contributed by atoms with E-state index in [9.17, 15) is 9.59 Å². The fraction of sp³-hybridized carbons (Fsp3) is 0.250. The SMILES string of the molecule is O=C(Nc1cc(-c2ccn[nH]2)c[nH]c1=O)c1ccc(N2CCCCC2)cc1. The molecule has 0 spiro atoms. The summed E-state index contributed by atoms with van der Waals surface area (Å²) < 4.78 is 0. The minimum Gasteiger partial charge on any atom is -0.372 e. The zero-order chi connectivity index (χ0) is 18.6. The number of carbonyl (C=O) groups excluding carboxylic acids is 1. The molecule has 1 fully saturated rings. The van der Waals surface area contributed by atoms with Crippen LogP contribution in [0.3, 0.4) is 0 Å². The van der Waals surface area contributed by atoms with E-state index in [0.29, 0.717) is 5.56 Å². The molecule has 4 rings (SSSR count). The summed E-state index contributed by atoms with van der Waals surface area (Å²) in [5.74, 6) is -0.313. The van der Waals surface area contributed by atoms with Crippen molar-refractivity contribution in [3.05, 3.63) is 64.7 Å². The first kappa shape index (κ1) is 17.1. The molecule has 0 saturated carbocycles. The van der Waals surface area contributed by atoms with Gasteiger partial charge in [-0.05, 0) is 55.7 Å². The first-order valence-corrected chi connectivity index (χ1v) is 9.09. The minimum absolute atomic E-state index is 0.201. The van der Waals surface area contributed by atoms with Gasteiger partial charge < -0.3 is 15.2 Å². The first-order chi connectivity index (χ1) is 13.2. The van der Waals surface area contributed by atoms with Gasteiger partial charge in [-0.25, -0.2) is 0 Å². The molecule has 1 aliphatic rings. The van der Waals surface area contributed by atoms with E-state index in [1.165, 1.54) is 19.3 Å². The number of rotatable bonds is 4. The van der Waals surface area contributed by atoms with Gasteiger partial charge in [0.25, 0.3) is 11.5 Å². The molecule has 0 atom stereocenters. The van der Waals surface area contributed by atoms with E-state index < -0.39 is 0 Å². The van der Waals surface area contributed by atoms with Crippen molar-refractivity contribution in [3.63, 3.8) is 0 Å². The Labute approximate surface area is 156 Å². The first-order valence-electron chi connectivity index (χ1n) is 9.09. The summed E-state index contributed by atoms with van der Waals surface area (Å²) in [6.07, 6.45) is 6.90. The van der Waals surface area contributed by atoms with Gasteiger partial charge in [0.05, 0.1) is 5.69 Å². The van der Waals surface area contributed by atoms with E-state index in [0.717, 1.165) is 30.0 Å². The zero-order valence-corrected chi connectivity index (χ0v) is 14.9. The lowest BCUT2D eigenvalue weighted by Crippen LogP contribution is -2.29. The third-order valence-corrected chi connectivity index (χ3v) is 4.81. The van der Waals surface area contributed by atoms with E-state index in [1.807, 2.05) is 12.1 Å². The lowest BCUT2D eigenvalue weighted by atomic mass is 10.1. The molecule has 138 valence electrons. The van der Waals surface area contributed by atoms with Crippen LogP contribution in [0.2, 0.25) is 0 Å². The molecular weight excluding hydrogens is 342 g/mol. The number of hydrogen-bond acceptors (Lipinski definition) is 4. The molecule has 7 heteroatoms. The average molecular weight is 363 g/mol. The smallest absolute Gasteiger partial charge is 0.271 e. The fourth-order valence-corrected chi connectivity index (χ4v) is 3.32. The number of piperidine rings is 1. The lowest BCUT2D eigenvalue weighted by Gasteiger charge is -2.28. The Morgan fingerprint density at radius 1 is 1.07 bits per heavy atom. The van der Waals surface area contributed by atoms with Crippen molar-refractivity contribution >= 4 is 17.3 Å². The topological polar surface area (TPSA) is 93.9 Å². The molecule has 27 heavy (non-hydrogen) atoms.